The molecule has 1 aromatic rings. The fourth-order valence-electron chi connectivity index (χ4n) is 3.62. The van der Waals surface area contributed by atoms with Crippen LogP contribution in [0.4, 0.5) is 0 Å². The van der Waals surface area contributed by atoms with Gasteiger partial charge in [0.25, 0.3) is 0 Å². The van der Waals surface area contributed by atoms with E-state index in [-0.39, 0.29) is 17.9 Å². The molecule has 2 fully saturated rings. The number of hydrogen-bond acceptors (Lipinski definition) is 6. The van der Waals surface area contributed by atoms with Gasteiger partial charge in [0.05, 0.1) is 25.0 Å². The number of fused-ring (bicyclic) bond motifs is 1. The first-order chi connectivity index (χ1) is 10.5. The Labute approximate surface area is 132 Å². The van der Waals surface area contributed by atoms with Crippen molar-refractivity contribution in [3.8, 4) is 0 Å². The summed E-state index contributed by atoms with van der Waals surface area (Å²) in [4.78, 5) is 39.8. The monoisotopic (exact) mass is 322 g/mol. The van der Waals surface area contributed by atoms with Gasteiger partial charge in [-0.2, -0.15) is 0 Å². The average molecular weight is 322 g/mol. The maximum absolute atomic E-state index is 12.7. The number of thiophene rings is 1. The van der Waals surface area contributed by atoms with E-state index < -0.39 is 23.3 Å². The fraction of sp³-hybridized carbons (Fsp3) is 0.533. The Balaban J connectivity index is 2.09. The zero-order chi connectivity index (χ0) is 16.1. The van der Waals surface area contributed by atoms with E-state index in [9.17, 15) is 14.4 Å². The number of carbonyl (C=O) groups excluding carboxylic acids is 3. The fourth-order valence-corrected chi connectivity index (χ4v) is 4.45. The second-order valence-corrected chi connectivity index (χ2v) is 6.73. The van der Waals surface area contributed by atoms with Gasteiger partial charge < -0.3 is 4.74 Å². The zero-order valence-corrected chi connectivity index (χ0v) is 13.5. The standard InChI is InChI=1S/C15H18N2O4S/c1-4-17-12(18)9-10(13(17)19)15(2,14(20)21-3)16-11(9)8-6-5-7-22-8/h5-7,9-11,16H,4H2,1-3H3/t9-,10+,11-,15+/m0/s1. The molecule has 6 nitrogen and oxygen atoms in total. The lowest BCUT2D eigenvalue weighted by molar-refractivity contribution is -0.153. The molecule has 0 saturated carbocycles. The molecule has 2 aliphatic rings. The van der Waals surface area contributed by atoms with Crippen LogP contribution in [-0.4, -0.2) is 41.9 Å². The summed E-state index contributed by atoms with van der Waals surface area (Å²) in [6.07, 6.45) is 0. The normalized spacial score (nSPS) is 34.1. The van der Waals surface area contributed by atoms with Crippen LogP contribution < -0.4 is 5.32 Å². The molecule has 1 N–H and O–H groups in total. The van der Waals surface area contributed by atoms with Crippen LogP contribution in [0.15, 0.2) is 17.5 Å². The lowest BCUT2D eigenvalue weighted by Gasteiger charge is -2.28. The molecule has 0 unspecified atom stereocenters. The highest BCUT2D eigenvalue weighted by molar-refractivity contribution is 7.10. The van der Waals surface area contributed by atoms with Gasteiger partial charge in [-0.05, 0) is 25.3 Å². The summed E-state index contributed by atoms with van der Waals surface area (Å²) in [5.41, 5.74) is -1.19. The molecule has 2 amide bonds. The molecule has 2 aliphatic heterocycles. The van der Waals surface area contributed by atoms with Crippen molar-refractivity contribution in [2.75, 3.05) is 13.7 Å². The summed E-state index contributed by atoms with van der Waals surface area (Å²) in [7, 11) is 1.29. The summed E-state index contributed by atoms with van der Waals surface area (Å²) in [6.45, 7) is 3.73. The third-order valence-electron chi connectivity index (χ3n) is 4.65. The molecule has 7 heteroatoms. The molecule has 0 aliphatic carbocycles. The van der Waals surface area contributed by atoms with Crippen LogP contribution in [0.5, 0.6) is 0 Å². The van der Waals surface area contributed by atoms with Crippen LogP contribution in [0, 0.1) is 11.8 Å². The highest BCUT2D eigenvalue weighted by Gasteiger charge is 2.66. The van der Waals surface area contributed by atoms with Gasteiger partial charge in [-0.3, -0.25) is 24.6 Å². The van der Waals surface area contributed by atoms with Crippen molar-refractivity contribution in [3.05, 3.63) is 22.4 Å². The molecule has 0 bridgehead atoms. The zero-order valence-electron chi connectivity index (χ0n) is 12.7. The molecule has 3 heterocycles. The van der Waals surface area contributed by atoms with Gasteiger partial charge in [0.15, 0.2) is 0 Å². The van der Waals surface area contributed by atoms with Gasteiger partial charge in [0, 0.05) is 11.4 Å². The van der Waals surface area contributed by atoms with Gasteiger partial charge in [-0.1, -0.05) is 6.07 Å². The molecule has 0 aromatic carbocycles. The van der Waals surface area contributed by atoms with Crippen molar-refractivity contribution in [2.24, 2.45) is 11.8 Å². The van der Waals surface area contributed by atoms with E-state index in [1.165, 1.54) is 23.3 Å². The van der Waals surface area contributed by atoms with E-state index in [4.69, 9.17) is 4.74 Å². The SMILES string of the molecule is CCN1C(=O)[C@@H]2[C@H](c3cccs3)N[C@@](C)(C(=O)OC)[C@H]2C1=O. The van der Waals surface area contributed by atoms with Crippen LogP contribution in [0.2, 0.25) is 0 Å². The van der Waals surface area contributed by atoms with Gasteiger partial charge >= 0.3 is 5.97 Å². The number of likely N-dealkylation sites (tertiary alicyclic amines) is 1. The lowest BCUT2D eigenvalue weighted by Crippen LogP contribution is -2.53. The second kappa shape index (κ2) is 5.17. The third-order valence-corrected chi connectivity index (χ3v) is 5.61. The number of esters is 1. The number of ether oxygens (including phenoxy) is 1. The largest absolute Gasteiger partial charge is 0.468 e. The number of methoxy groups -OCH3 is 1. The molecule has 118 valence electrons. The van der Waals surface area contributed by atoms with Crippen LogP contribution in [-0.2, 0) is 19.1 Å². The number of rotatable bonds is 3. The predicted molar refractivity (Wildman–Crippen MR) is 80.0 cm³/mol. The molecule has 3 rings (SSSR count). The highest BCUT2D eigenvalue weighted by atomic mass is 32.1. The van der Waals surface area contributed by atoms with Gasteiger partial charge in [0.2, 0.25) is 11.8 Å². The smallest absolute Gasteiger partial charge is 0.326 e. The second-order valence-electron chi connectivity index (χ2n) is 5.76. The van der Waals surface area contributed by atoms with Crippen molar-refractivity contribution in [2.45, 2.75) is 25.4 Å². The van der Waals surface area contributed by atoms with Crippen molar-refractivity contribution in [3.63, 3.8) is 0 Å². The van der Waals surface area contributed by atoms with E-state index in [1.54, 1.807) is 13.8 Å². The van der Waals surface area contributed by atoms with Gasteiger partial charge in [-0.15, -0.1) is 11.3 Å². The van der Waals surface area contributed by atoms with E-state index in [0.717, 1.165) is 4.88 Å². The van der Waals surface area contributed by atoms with Crippen molar-refractivity contribution in [1.82, 2.24) is 10.2 Å². The summed E-state index contributed by atoms with van der Waals surface area (Å²) >= 11 is 1.50. The third kappa shape index (κ3) is 1.85. The molecule has 0 spiro atoms. The Kier molecular flexibility index (Phi) is 3.57. The van der Waals surface area contributed by atoms with Crippen LogP contribution in [0.1, 0.15) is 24.8 Å². The maximum Gasteiger partial charge on any atom is 0.326 e. The minimum absolute atomic E-state index is 0.212. The number of nitrogens with one attached hydrogen (secondary N) is 1. The molecule has 22 heavy (non-hydrogen) atoms. The molecular weight excluding hydrogens is 304 g/mol. The van der Waals surface area contributed by atoms with Gasteiger partial charge in [0.1, 0.15) is 5.54 Å². The predicted octanol–water partition coefficient (Wildman–Crippen LogP) is 0.945. The summed E-state index contributed by atoms with van der Waals surface area (Å²) in [5.74, 6) is -2.30. The van der Waals surface area contributed by atoms with Crippen LogP contribution in [0.25, 0.3) is 0 Å². The minimum atomic E-state index is -1.19. The van der Waals surface area contributed by atoms with Crippen LogP contribution in [0.3, 0.4) is 0 Å². The van der Waals surface area contributed by atoms with Gasteiger partial charge in [-0.25, -0.2) is 0 Å². The highest BCUT2D eigenvalue weighted by Crippen LogP contribution is 2.49. The molecule has 0 radical (unpaired) electrons. The Morgan fingerprint density at radius 3 is 2.73 bits per heavy atom. The van der Waals surface area contributed by atoms with Crippen molar-refractivity contribution >= 4 is 29.1 Å². The number of amides is 2. The summed E-state index contributed by atoms with van der Waals surface area (Å²) in [5, 5.41) is 5.11. The number of nitrogens with zero attached hydrogens (tertiary/aromatic N) is 1. The molecular formula is C15H18N2O4S. The summed E-state index contributed by atoms with van der Waals surface area (Å²) < 4.78 is 4.88. The number of carbonyl (C=O) groups is 3. The Bertz CT molecular complexity index is 629. The van der Waals surface area contributed by atoms with E-state index in [1.807, 2.05) is 17.5 Å². The first-order valence-electron chi connectivity index (χ1n) is 7.20. The van der Waals surface area contributed by atoms with Crippen molar-refractivity contribution in [1.29, 1.82) is 0 Å². The number of hydrogen-bond donors (Lipinski definition) is 1. The van der Waals surface area contributed by atoms with E-state index >= 15 is 0 Å². The van der Waals surface area contributed by atoms with Crippen LogP contribution >= 0.6 is 11.3 Å². The first-order valence-corrected chi connectivity index (χ1v) is 8.08. The first kappa shape index (κ1) is 15.2. The molecule has 2 saturated heterocycles. The molecule has 4 atom stereocenters. The topological polar surface area (TPSA) is 75.7 Å². The maximum atomic E-state index is 12.7. The Morgan fingerprint density at radius 1 is 1.45 bits per heavy atom. The average Bonchev–Trinajstić information content (AvgIpc) is 3.17. The van der Waals surface area contributed by atoms with E-state index in [0.29, 0.717) is 6.54 Å². The van der Waals surface area contributed by atoms with Crippen molar-refractivity contribution < 1.29 is 19.1 Å². The quantitative estimate of drug-likeness (QED) is 0.662. The Morgan fingerprint density at radius 2 is 2.18 bits per heavy atom. The van der Waals surface area contributed by atoms with E-state index in [2.05, 4.69) is 5.32 Å². The number of imide groups is 1. The lowest BCUT2D eigenvalue weighted by atomic mass is 9.81. The minimum Gasteiger partial charge on any atom is -0.468 e. The summed E-state index contributed by atoms with van der Waals surface area (Å²) in [6, 6.07) is 3.46. The Hall–Kier alpha value is -1.73. The molecule has 1 aromatic heterocycles.